The zero-order valence-electron chi connectivity index (χ0n) is 7.53. The number of hydrogen-bond donors (Lipinski definition) is 2. The maximum atomic E-state index is 6.99. The fourth-order valence-corrected chi connectivity index (χ4v) is 1.10. The molecule has 0 bridgehead atoms. The molecule has 0 saturated heterocycles. The third-order valence-electron chi connectivity index (χ3n) is 1.80. The van der Waals surface area contributed by atoms with E-state index < -0.39 is 0 Å². The summed E-state index contributed by atoms with van der Waals surface area (Å²) in [4.78, 5) is 0. The molecule has 0 unspecified atom stereocenters. The summed E-state index contributed by atoms with van der Waals surface area (Å²) in [6.45, 7) is 2.22. The van der Waals surface area contributed by atoms with E-state index in [1.54, 1.807) is 0 Å². The van der Waals surface area contributed by atoms with Gasteiger partial charge in [-0.15, -0.1) is 0 Å². The van der Waals surface area contributed by atoms with Crippen LogP contribution in [0.3, 0.4) is 0 Å². The molecular formula is C9H20N2. The van der Waals surface area contributed by atoms with E-state index >= 15 is 0 Å². The first-order valence-corrected chi connectivity index (χ1v) is 4.60. The quantitative estimate of drug-likeness (QED) is 0.332. The van der Waals surface area contributed by atoms with Crippen molar-refractivity contribution < 1.29 is 0 Å². The number of nitrogens with one attached hydrogen (secondary N) is 1. The van der Waals surface area contributed by atoms with Crippen LogP contribution in [0.2, 0.25) is 0 Å². The Hall–Kier alpha value is -0.530. The van der Waals surface area contributed by atoms with Crippen molar-refractivity contribution in [3.05, 3.63) is 0 Å². The van der Waals surface area contributed by atoms with Gasteiger partial charge in [-0.3, -0.25) is 5.41 Å². The number of unbranched alkanes of at least 4 members (excludes halogenated alkanes) is 5. The van der Waals surface area contributed by atoms with Crippen LogP contribution in [0, 0.1) is 5.41 Å². The lowest BCUT2D eigenvalue weighted by Gasteiger charge is -1.98. The molecule has 0 amide bonds. The van der Waals surface area contributed by atoms with Crippen molar-refractivity contribution in [1.29, 1.82) is 5.41 Å². The number of amidine groups is 1. The Bertz CT molecular complexity index is 99.7. The van der Waals surface area contributed by atoms with Gasteiger partial charge in [0.25, 0.3) is 0 Å². The molecule has 2 heteroatoms. The lowest BCUT2D eigenvalue weighted by Crippen LogP contribution is -2.08. The summed E-state index contributed by atoms with van der Waals surface area (Å²) in [6, 6.07) is 0. The lowest BCUT2D eigenvalue weighted by molar-refractivity contribution is 0.614. The van der Waals surface area contributed by atoms with E-state index in [2.05, 4.69) is 6.92 Å². The molecular weight excluding hydrogens is 136 g/mol. The van der Waals surface area contributed by atoms with Crippen LogP contribution in [0.4, 0.5) is 0 Å². The third kappa shape index (κ3) is 9.47. The van der Waals surface area contributed by atoms with Gasteiger partial charge in [0, 0.05) is 6.42 Å². The zero-order valence-corrected chi connectivity index (χ0v) is 7.53. The minimum absolute atomic E-state index is 0.334. The topological polar surface area (TPSA) is 49.9 Å². The third-order valence-corrected chi connectivity index (χ3v) is 1.80. The minimum Gasteiger partial charge on any atom is -0.388 e. The van der Waals surface area contributed by atoms with E-state index in [1.165, 1.54) is 32.1 Å². The van der Waals surface area contributed by atoms with Gasteiger partial charge in [-0.2, -0.15) is 0 Å². The molecule has 0 aliphatic carbocycles. The van der Waals surface area contributed by atoms with Gasteiger partial charge < -0.3 is 5.73 Å². The largest absolute Gasteiger partial charge is 0.388 e. The van der Waals surface area contributed by atoms with Crippen LogP contribution >= 0.6 is 0 Å². The van der Waals surface area contributed by atoms with E-state index in [9.17, 15) is 0 Å². The molecule has 2 nitrogen and oxygen atoms in total. The smallest absolute Gasteiger partial charge is 0.0905 e. The fraction of sp³-hybridized carbons (Fsp3) is 0.889. The average molecular weight is 156 g/mol. The summed E-state index contributed by atoms with van der Waals surface area (Å²) in [7, 11) is 0. The van der Waals surface area contributed by atoms with Crippen LogP contribution in [-0.2, 0) is 0 Å². The van der Waals surface area contributed by atoms with E-state index in [4.69, 9.17) is 11.1 Å². The number of hydrogen-bond acceptors (Lipinski definition) is 1. The van der Waals surface area contributed by atoms with Crippen molar-refractivity contribution >= 4 is 5.84 Å². The molecule has 0 aliphatic rings. The SMILES string of the molecule is CCCCCCCCC(=N)N. The van der Waals surface area contributed by atoms with Crippen LogP contribution in [0.1, 0.15) is 51.9 Å². The second-order valence-electron chi connectivity index (χ2n) is 3.04. The highest BCUT2D eigenvalue weighted by atomic mass is 14.7. The van der Waals surface area contributed by atoms with E-state index in [0.29, 0.717) is 5.84 Å². The molecule has 0 aliphatic heterocycles. The standard InChI is InChI=1S/C9H20N2/c1-2-3-4-5-6-7-8-9(10)11/h2-8H2,1H3,(H3,10,11). The van der Waals surface area contributed by atoms with Crippen molar-refractivity contribution in [2.24, 2.45) is 5.73 Å². The molecule has 0 saturated carbocycles. The Morgan fingerprint density at radius 1 is 1.09 bits per heavy atom. The molecule has 0 heterocycles. The maximum Gasteiger partial charge on any atom is 0.0905 e. The Morgan fingerprint density at radius 2 is 1.64 bits per heavy atom. The molecule has 0 rings (SSSR count). The van der Waals surface area contributed by atoms with Crippen molar-refractivity contribution in [2.75, 3.05) is 0 Å². The molecule has 66 valence electrons. The zero-order chi connectivity index (χ0) is 8.53. The van der Waals surface area contributed by atoms with Crippen LogP contribution in [-0.4, -0.2) is 5.84 Å². The van der Waals surface area contributed by atoms with Crippen molar-refractivity contribution in [1.82, 2.24) is 0 Å². The summed E-state index contributed by atoms with van der Waals surface area (Å²) in [5.74, 6) is 0.334. The first kappa shape index (κ1) is 10.5. The van der Waals surface area contributed by atoms with Crippen molar-refractivity contribution in [3.8, 4) is 0 Å². The highest BCUT2D eigenvalue weighted by Crippen LogP contribution is 2.06. The predicted octanol–water partition coefficient (Wildman–Crippen LogP) is 2.67. The van der Waals surface area contributed by atoms with Gasteiger partial charge in [-0.1, -0.05) is 39.0 Å². The van der Waals surface area contributed by atoms with E-state index in [1.807, 2.05) is 0 Å². The summed E-state index contributed by atoms with van der Waals surface area (Å²) in [5.41, 5.74) is 5.22. The molecule has 0 atom stereocenters. The summed E-state index contributed by atoms with van der Waals surface area (Å²) in [6.07, 6.45) is 8.41. The summed E-state index contributed by atoms with van der Waals surface area (Å²) < 4.78 is 0. The van der Waals surface area contributed by atoms with Gasteiger partial charge in [-0.05, 0) is 6.42 Å². The number of rotatable bonds is 7. The molecule has 0 aromatic rings. The minimum atomic E-state index is 0.334. The van der Waals surface area contributed by atoms with E-state index in [-0.39, 0.29) is 0 Å². The number of nitrogens with two attached hydrogens (primary N) is 1. The second kappa shape index (κ2) is 7.58. The molecule has 0 spiro atoms. The van der Waals surface area contributed by atoms with Crippen molar-refractivity contribution in [2.45, 2.75) is 51.9 Å². The molecule has 3 N–H and O–H groups in total. The summed E-state index contributed by atoms with van der Waals surface area (Å²) >= 11 is 0. The molecule has 0 aromatic heterocycles. The highest BCUT2D eigenvalue weighted by Gasteiger charge is 1.91. The van der Waals surface area contributed by atoms with Gasteiger partial charge in [0.05, 0.1) is 5.84 Å². The molecule has 0 fully saturated rings. The van der Waals surface area contributed by atoms with Gasteiger partial charge in [-0.25, -0.2) is 0 Å². The maximum absolute atomic E-state index is 6.99. The van der Waals surface area contributed by atoms with Gasteiger partial charge >= 0.3 is 0 Å². The average Bonchev–Trinajstić information content (AvgIpc) is 1.96. The fourth-order valence-electron chi connectivity index (χ4n) is 1.10. The van der Waals surface area contributed by atoms with Gasteiger partial charge in [0.15, 0.2) is 0 Å². The van der Waals surface area contributed by atoms with Crippen LogP contribution < -0.4 is 5.73 Å². The molecule has 0 radical (unpaired) electrons. The monoisotopic (exact) mass is 156 g/mol. The predicted molar refractivity (Wildman–Crippen MR) is 49.9 cm³/mol. The summed E-state index contributed by atoms with van der Waals surface area (Å²) in [5, 5.41) is 6.99. The Labute approximate surface area is 69.7 Å². The van der Waals surface area contributed by atoms with Crippen LogP contribution in [0.15, 0.2) is 0 Å². The molecule has 11 heavy (non-hydrogen) atoms. The second-order valence-corrected chi connectivity index (χ2v) is 3.04. The van der Waals surface area contributed by atoms with Gasteiger partial charge in [0.2, 0.25) is 0 Å². The first-order valence-electron chi connectivity index (χ1n) is 4.60. The van der Waals surface area contributed by atoms with Crippen molar-refractivity contribution in [3.63, 3.8) is 0 Å². The highest BCUT2D eigenvalue weighted by molar-refractivity contribution is 5.76. The molecule has 0 aromatic carbocycles. The Kier molecular flexibility index (Phi) is 7.21. The first-order chi connectivity index (χ1) is 5.27. The lowest BCUT2D eigenvalue weighted by atomic mass is 10.1. The van der Waals surface area contributed by atoms with Crippen LogP contribution in [0.5, 0.6) is 0 Å². The van der Waals surface area contributed by atoms with Crippen LogP contribution in [0.25, 0.3) is 0 Å². The Morgan fingerprint density at radius 3 is 2.18 bits per heavy atom. The Balaban J connectivity index is 2.85. The van der Waals surface area contributed by atoms with E-state index in [0.717, 1.165) is 12.8 Å². The van der Waals surface area contributed by atoms with Gasteiger partial charge in [0.1, 0.15) is 0 Å². The normalized spacial score (nSPS) is 9.91.